The van der Waals surface area contributed by atoms with Crippen molar-refractivity contribution in [3.05, 3.63) is 109 Å². The van der Waals surface area contributed by atoms with Gasteiger partial charge in [0.1, 0.15) is 0 Å². The third-order valence-corrected chi connectivity index (χ3v) is 8.55. The Morgan fingerprint density at radius 3 is 2.14 bits per heavy atom. The summed E-state index contributed by atoms with van der Waals surface area (Å²) in [5.41, 5.74) is 12.9. The molecule has 0 atom stereocenters. The van der Waals surface area contributed by atoms with Crippen LogP contribution in [-0.4, -0.2) is 17.7 Å². The van der Waals surface area contributed by atoms with Crippen LogP contribution in [0.3, 0.4) is 0 Å². The highest BCUT2D eigenvalue weighted by Gasteiger charge is 2.23. The van der Waals surface area contributed by atoms with E-state index in [4.69, 9.17) is 4.90 Å². The lowest BCUT2D eigenvalue weighted by molar-refractivity contribution is 1.13. The fourth-order valence-electron chi connectivity index (χ4n) is 5.29. The Morgan fingerprint density at radius 2 is 1.54 bits per heavy atom. The van der Waals surface area contributed by atoms with Gasteiger partial charge >= 0.3 is 7.55 Å². The maximum Gasteiger partial charge on any atom is 0.381 e. The highest BCUT2D eigenvalue weighted by atomic mass is 32.1. The van der Waals surface area contributed by atoms with Crippen molar-refractivity contribution in [2.24, 2.45) is 4.90 Å². The summed E-state index contributed by atoms with van der Waals surface area (Å²) >= 11 is 3.58. The highest BCUT2D eigenvalue weighted by Crippen LogP contribution is 2.38. The number of fused-ring (bicyclic) bond motifs is 1. The maximum absolute atomic E-state index is 5.28. The van der Waals surface area contributed by atoms with Gasteiger partial charge in [-0.25, -0.2) is 0 Å². The van der Waals surface area contributed by atoms with Gasteiger partial charge in [-0.3, -0.25) is 0 Å². The fraction of sp³-hybridized carbons (Fsp3) is 0.233. The fourth-order valence-corrected chi connectivity index (χ4v) is 6.87. The summed E-state index contributed by atoms with van der Waals surface area (Å²) in [6, 6.07) is 15.7. The van der Waals surface area contributed by atoms with E-state index in [-0.39, 0.29) is 0 Å². The molecule has 1 aliphatic rings. The minimum atomic E-state index is 0.606. The van der Waals surface area contributed by atoms with E-state index in [0.29, 0.717) is 7.55 Å². The van der Waals surface area contributed by atoms with E-state index < -0.39 is 0 Å². The van der Waals surface area contributed by atoms with Gasteiger partial charge < -0.3 is 9.38 Å². The van der Waals surface area contributed by atoms with Crippen LogP contribution in [0.25, 0.3) is 16.1 Å². The third-order valence-electron chi connectivity index (χ3n) is 6.79. The molecule has 0 aliphatic carbocycles. The molecule has 2 nitrogen and oxygen atoms in total. The second-order valence-corrected chi connectivity index (χ2v) is 11.1. The standard InChI is InChI=1S/C30H31BN2S2/c1-6-22-12-13-24(28-20(4)16-19(3)17-21(28)5)25-18-23(7-2)30(27-11-9-15-35-27)33(25)31-32-29(22)26-10-8-14-34-26/h8-18,31H,6-7H2,1-5H3/b22-12-,24-13-,32-29-. The van der Waals surface area contributed by atoms with Gasteiger partial charge in [0.05, 0.1) is 16.3 Å². The van der Waals surface area contributed by atoms with Crippen LogP contribution >= 0.6 is 22.7 Å². The predicted molar refractivity (Wildman–Crippen MR) is 157 cm³/mol. The van der Waals surface area contributed by atoms with E-state index in [1.165, 1.54) is 60.1 Å². The Hall–Kier alpha value is -2.89. The van der Waals surface area contributed by atoms with Crippen LogP contribution in [0.5, 0.6) is 0 Å². The zero-order chi connectivity index (χ0) is 24.5. The second kappa shape index (κ2) is 10.0. The van der Waals surface area contributed by atoms with Crippen molar-refractivity contribution in [2.45, 2.75) is 47.5 Å². The summed E-state index contributed by atoms with van der Waals surface area (Å²) in [7, 11) is 0.606. The van der Waals surface area contributed by atoms with E-state index in [1.54, 1.807) is 11.3 Å². The summed E-state index contributed by atoms with van der Waals surface area (Å²) in [6.45, 7) is 11.2. The first kappa shape index (κ1) is 23.8. The quantitative estimate of drug-likeness (QED) is 0.249. The maximum atomic E-state index is 5.28. The third kappa shape index (κ3) is 4.44. The number of hydrogen-bond acceptors (Lipinski definition) is 3. The molecule has 1 aliphatic heterocycles. The van der Waals surface area contributed by atoms with Crippen LogP contribution in [0.4, 0.5) is 0 Å². The van der Waals surface area contributed by atoms with Gasteiger partial charge in [0.2, 0.25) is 0 Å². The average molecular weight is 495 g/mol. The van der Waals surface area contributed by atoms with Crippen molar-refractivity contribution in [1.82, 2.24) is 4.48 Å². The van der Waals surface area contributed by atoms with Gasteiger partial charge in [0, 0.05) is 16.1 Å². The Labute approximate surface area is 217 Å². The lowest BCUT2D eigenvalue weighted by Crippen LogP contribution is -2.13. The van der Waals surface area contributed by atoms with Gasteiger partial charge in [0.15, 0.2) is 0 Å². The van der Waals surface area contributed by atoms with E-state index in [2.05, 4.69) is 104 Å². The molecule has 0 amide bonds. The molecular formula is C30H31BN2S2. The first-order chi connectivity index (χ1) is 17.0. The van der Waals surface area contributed by atoms with Crippen LogP contribution in [0.2, 0.25) is 0 Å². The normalized spacial score (nSPS) is 18.1. The number of thiophene rings is 2. The molecule has 0 unspecified atom stereocenters. The monoisotopic (exact) mass is 494 g/mol. The SMILES string of the molecule is CCC1=C/C=C(\c2c(C)cc(C)cc2C)c2cc(CC)c(-c3cccs3)n2B\N=C\1c1cccs1. The molecule has 5 heteroatoms. The molecule has 0 fully saturated rings. The number of aromatic nitrogens is 1. The molecule has 0 N–H and O–H groups in total. The van der Waals surface area contributed by atoms with Crippen molar-refractivity contribution in [2.75, 3.05) is 0 Å². The van der Waals surface area contributed by atoms with Crippen molar-refractivity contribution in [3.8, 4) is 10.6 Å². The van der Waals surface area contributed by atoms with E-state index in [1.807, 2.05) is 11.3 Å². The van der Waals surface area contributed by atoms with Gasteiger partial charge in [-0.15, -0.1) is 22.7 Å². The summed E-state index contributed by atoms with van der Waals surface area (Å²) in [5, 5.41) is 4.32. The first-order valence-electron chi connectivity index (χ1n) is 12.4. The molecule has 0 saturated carbocycles. The van der Waals surface area contributed by atoms with Crippen LogP contribution in [0.15, 0.2) is 75.9 Å². The lowest BCUT2D eigenvalue weighted by Gasteiger charge is -2.18. The van der Waals surface area contributed by atoms with Crippen molar-refractivity contribution >= 4 is 41.5 Å². The summed E-state index contributed by atoms with van der Waals surface area (Å²) in [6.07, 6.45) is 6.59. The van der Waals surface area contributed by atoms with Crippen molar-refractivity contribution < 1.29 is 0 Å². The molecule has 3 aromatic heterocycles. The first-order valence-corrected chi connectivity index (χ1v) is 14.1. The molecule has 0 bridgehead atoms. The van der Waals surface area contributed by atoms with E-state index in [0.717, 1.165) is 18.6 Å². The average Bonchev–Trinajstić information content (AvgIpc) is 3.59. The molecule has 176 valence electrons. The van der Waals surface area contributed by atoms with Gasteiger partial charge in [-0.1, -0.05) is 55.8 Å². The van der Waals surface area contributed by atoms with Crippen LogP contribution in [0, 0.1) is 20.8 Å². The molecule has 0 radical (unpaired) electrons. The van der Waals surface area contributed by atoms with Crippen molar-refractivity contribution in [1.29, 1.82) is 0 Å². The zero-order valence-corrected chi connectivity index (χ0v) is 22.8. The summed E-state index contributed by atoms with van der Waals surface area (Å²) in [4.78, 5) is 7.82. The molecular weight excluding hydrogens is 463 g/mol. The zero-order valence-electron chi connectivity index (χ0n) is 21.2. The van der Waals surface area contributed by atoms with Crippen LogP contribution in [0.1, 0.15) is 58.7 Å². The number of hydrogen-bond donors (Lipinski definition) is 0. The largest absolute Gasteiger partial charge is 0.381 e. The van der Waals surface area contributed by atoms with Gasteiger partial charge in [-0.2, -0.15) is 0 Å². The van der Waals surface area contributed by atoms with E-state index >= 15 is 0 Å². The number of aryl methyl sites for hydroxylation is 4. The molecule has 4 heterocycles. The molecule has 0 saturated heterocycles. The Kier molecular flexibility index (Phi) is 6.81. The number of rotatable bonds is 5. The number of benzene rings is 1. The van der Waals surface area contributed by atoms with Gasteiger partial charge in [-0.05, 0) is 90.4 Å². The molecule has 5 rings (SSSR count). The Bertz CT molecular complexity index is 1430. The minimum absolute atomic E-state index is 0.606. The number of allylic oxidation sites excluding steroid dienone is 3. The number of nitrogens with zero attached hydrogens (tertiary/aromatic N) is 2. The topological polar surface area (TPSA) is 17.3 Å². The summed E-state index contributed by atoms with van der Waals surface area (Å²) in [5.74, 6) is 0. The summed E-state index contributed by atoms with van der Waals surface area (Å²) < 4.78 is 2.45. The molecule has 4 aromatic rings. The van der Waals surface area contributed by atoms with Gasteiger partial charge in [0.25, 0.3) is 0 Å². The second-order valence-electron chi connectivity index (χ2n) is 9.19. The van der Waals surface area contributed by atoms with E-state index in [9.17, 15) is 0 Å². The molecule has 0 spiro atoms. The van der Waals surface area contributed by atoms with Crippen LogP contribution in [-0.2, 0) is 6.42 Å². The smallest absolute Gasteiger partial charge is 0.366 e. The van der Waals surface area contributed by atoms with Crippen LogP contribution < -0.4 is 0 Å². The lowest BCUT2D eigenvalue weighted by atomic mass is 9.90. The molecule has 1 aromatic carbocycles. The predicted octanol–water partition coefficient (Wildman–Crippen LogP) is 8.15. The molecule has 35 heavy (non-hydrogen) atoms. The Morgan fingerprint density at radius 1 is 0.857 bits per heavy atom. The van der Waals surface area contributed by atoms with Crippen molar-refractivity contribution in [3.63, 3.8) is 0 Å². The minimum Gasteiger partial charge on any atom is -0.366 e. The highest BCUT2D eigenvalue weighted by molar-refractivity contribution is 7.13. The Balaban J connectivity index is 1.84.